The summed E-state index contributed by atoms with van der Waals surface area (Å²) in [6, 6.07) is 30.2. The molecule has 0 heterocycles. The first-order valence-corrected chi connectivity index (χ1v) is 8.99. The molecule has 0 fully saturated rings. The van der Waals surface area contributed by atoms with E-state index in [2.05, 4.69) is 91.5 Å². The summed E-state index contributed by atoms with van der Waals surface area (Å²) < 4.78 is 0. The highest BCUT2D eigenvalue weighted by Crippen LogP contribution is 2.38. The van der Waals surface area contributed by atoms with Crippen molar-refractivity contribution in [1.29, 1.82) is 0 Å². The summed E-state index contributed by atoms with van der Waals surface area (Å²) >= 11 is 0. The SMILES string of the molecule is C=Cc1ccccc1CP(c1ccccc1)c1ccccc1. The van der Waals surface area contributed by atoms with E-state index < -0.39 is 7.92 Å². The molecule has 0 aromatic heterocycles. The van der Waals surface area contributed by atoms with Gasteiger partial charge in [0.2, 0.25) is 0 Å². The second-order valence-electron chi connectivity index (χ2n) is 5.16. The Kier molecular flexibility index (Phi) is 4.83. The largest absolute Gasteiger partial charge is 0.0985 e. The van der Waals surface area contributed by atoms with Crippen molar-refractivity contribution in [2.75, 3.05) is 0 Å². The summed E-state index contributed by atoms with van der Waals surface area (Å²) in [5.74, 6) is 0. The summed E-state index contributed by atoms with van der Waals surface area (Å²) in [5, 5.41) is 2.84. The lowest BCUT2D eigenvalue weighted by Gasteiger charge is -2.20. The number of hydrogen-bond donors (Lipinski definition) is 0. The topological polar surface area (TPSA) is 0 Å². The molecule has 0 saturated carbocycles. The van der Waals surface area contributed by atoms with Gasteiger partial charge in [0.25, 0.3) is 0 Å². The second kappa shape index (κ2) is 7.20. The van der Waals surface area contributed by atoms with Crippen molar-refractivity contribution in [3.63, 3.8) is 0 Å². The molecular formula is C21H19P. The minimum Gasteiger partial charge on any atom is -0.0985 e. The molecule has 0 saturated heterocycles. The third-order valence-electron chi connectivity index (χ3n) is 3.74. The second-order valence-corrected chi connectivity index (χ2v) is 7.37. The van der Waals surface area contributed by atoms with Crippen molar-refractivity contribution in [2.45, 2.75) is 6.16 Å². The van der Waals surface area contributed by atoms with Crippen molar-refractivity contribution in [2.24, 2.45) is 0 Å². The van der Waals surface area contributed by atoms with Crippen LogP contribution in [0.15, 0.2) is 91.5 Å². The van der Waals surface area contributed by atoms with E-state index in [-0.39, 0.29) is 0 Å². The van der Waals surface area contributed by atoms with Gasteiger partial charge >= 0.3 is 0 Å². The monoisotopic (exact) mass is 302 g/mol. The maximum Gasteiger partial charge on any atom is 0.00134 e. The van der Waals surface area contributed by atoms with E-state index in [1.165, 1.54) is 21.7 Å². The molecule has 108 valence electrons. The highest BCUT2D eigenvalue weighted by Gasteiger charge is 2.15. The van der Waals surface area contributed by atoms with Gasteiger partial charge in [-0.15, -0.1) is 0 Å². The van der Waals surface area contributed by atoms with E-state index in [1.54, 1.807) is 0 Å². The Hall–Kier alpha value is -2.17. The summed E-state index contributed by atoms with van der Waals surface area (Å²) in [6.45, 7) is 3.95. The van der Waals surface area contributed by atoms with Gasteiger partial charge in [-0.3, -0.25) is 0 Å². The van der Waals surface area contributed by atoms with Gasteiger partial charge in [-0.05, 0) is 29.7 Å². The predicted molar refractivity (Wildman–Crippen MR) is 99.3 cm³/mol. The molecule has 3 aromatic carbocycles. The van der Waals surface area contributed by atoms with Gasteiger partial charge in [-0.25, -0.2) is 0 Å². The fraction of sp³-hybridized carbons (Fsp3) is 0.0476. The van der Waals surface area contributed by atoms with Gasteiger partial charge in [-0.2, -0.15) is 0 Å². The molecule has 3 aromatic rings. The molecule has 0 amide bonds. The molecule has 0 aliphatic rings. The van der Waals surface area contributed by atoms with Gasteiger partial charge in [0.05, 0.1) is 0 Å². The summed E-state index contributed by atoms with van der Waals surface area (Å²) in [4.78, 5) is 0. The molecule has 0 unspecified atom stereocenters. The van der Waals surface area contributed by atoms with Crippen molar-refractivity contribution >= 4 is 24.6 Å². The van der Waals surface area contributed by atoms with Crippen LogP contribution in [-0.4, -0.2) is 0 Å². The molecule has 0 aliphatic carbocycles. The average molecular weight is 302 g/mol. The normalized spacial score (nSPS) is 10.6. The molecule has 0 bridgehead atoms. The Morgan fingerprint density at radius 1 is 0.682 bits per heavy atom. The zero-order valence-corrected chi connectivity index (χ0v) is 13.4. The molecule has 1 heteroatoms. The quantitative estimate of drug-likeness (QED) is 0.584. The van der Waals surface area contributed by atoms with E-state index in [1.807, 2.05) is 6.08 Å². The Bertz CT molecular complexity index is 693. The number of rotatable bonds is 5. The van der Waals surface area contributed by atoms with Gasteiger partial charge < -0.3 is 0 Å². The van der Waals surface area contributed by atoms with Crippen LogP contribution in [0.3, 0.4) is 0 Å². The van der Waals surface area contributed by atoms with Crippen LogP contribution in [0.25, 0.3) is 6.08 Å². The first-order chi connectivity index (χ1) is 10.9. The maximum atomic E-state index is 3.95. The van der Waals surface area contributed by atoms with E-state index in [9.17, 15) is 0 Å². The summed E-state index contributed by atoms with van der Waals surface area (Å²) in [6.07, 6.45) is 3.00. The number of benzene rings is 3. The van der Waals surface area contributed by atoms with Gasteiger partial charge in [0.15, 0.2) is 0 Å². The van der Waals surface area contributed by atoms with E-state index in [4.69, 9.17) is 0 Å². The van der Waals surface area contributed by atoms with E-state index in [0.29, 0.717) is 0 Å². The first kappa shape index (κ1) is 14.8. The van der Waals surface area contributed by atoms with Crippen LogP contribution in [0.5, 0.6) is 0 Å². The van der Waals surface area contributed by atoms with Gasteiger partial charge in [0, 0.05) is 6.16 Å². The van der Waals surface area contributed by atoms with Crippen LogP contribution in [0.2, 0.25) is 0 Å². The van der Waals surface area contributed by atoms with Crippen molar-refractivity contribution < 1.29 is 0 Å². The minimum absolute atomic E-state index is 0.397. The Morgan fingerprint density at radius 3 is 1.73 bits per heavy atom. The van der Waals surface area contributed by atoms with E-state index >= 15 is 0 Å². The lowest BCUT2D eigenvalue weighted by Crippen LogP contribution is -2.13. The lowest BCUT2D eigenvalue weighted by molar-refractivity contribution is 1.38. The molecule has 3 rings (SSSR count). The van der Waals surface area contributed by atoms with Crippen LogP contribution in [0.4, 0.5) is 0 Å². The third-order valence-corrected chi connectivity index (χ3v) is 6.24. The standard InChI is InChI=1S/C21H19P/c1-2-18-11-9-10-12-19(18)17-22(20-13-5-3-6-14-20)21-15-7-4-8-16-21/h2-16H,1,17H2. The average Bonchev–Trinajstić information content (AvgIpc) is 2.61. The summed E-state index contributed by atoms with van der Waals surface area (Å²) in [7, 11) is -0.397. The molecule has 0 radical (unpaired) electrons. The van der Waals surface area contributed by atoms with Gasteiger partial charge in [-0.1, -0.05) is 97.6 Å². The highest BCUT2D eigenvalue weighted by atomic mass is 31.1. The smallest absolute Gasteiger partial charge is 0.00134 e. The first-order valence-electron chi connectivity index (χ1n) is 7.46. The minimum atomic E-state index is -0.397. The molecule has 22 heavy (non-hydrogen) atoms. The molecule has 0 aliphatic heterocycles. The summed E-state index contributed by atoms with van der Waals surface area (Å²) in [5.41, 5.74) is 2.61. The van der Waals surface area contributed by atoms with Crippen LogP contribution in [0, 0.1) is 0 Å². The molecular weight excluding hydrogens is 283 g/mol. The van der Waals surface area contributed by atoms with Crippen molar-refractivity contribution in [3.8, 4) is 0 Å². The van der Waals surface area contributed by atoms with Gasteiger partial charge in [0.1, 0.15) is 0 Å². The highest BCUT2D eigenvalue weighted by molar-refractivity contribution is 7.72. The van der Waals surface area contributed by atoms with Crippen LogP contribution in [-0.2, 0) is 6.16 Å². The zero-order valence-electron chi connectivity index (χ0n) is 12.5. The van der Waals surface area contributed by atoms with Crippen LogP contribution in [0.1, 0.15) is 11.1 Å². The van der Waals surface area contributed by atoms with Crippen LogP contribution >= 0.6 is 7.92 Å². The molecule has 0 N–H and O–H groups in total. The fourth-order valence-electron chi connectivity index (χ4n) is 2.60. The van der Waals surface area contributed by atoms with Crippen molar-refractivity contribution in [3.05, 3.63) is 103 Å². The predicted octanol–water partition coefficient (Wildman–Crippen LogP) is 4.96. The molecule has 0 atom stereocenters. The molecule has 0 spiro atoms. The molecule has 0 nitrogen and oxygen atoms in total. The number of hydrogen-bond acceptors (Lipinski definition) is 0. The Balaban J connectivity index is 2.01. The maximum absolute atomic E-state index is 3.95. The fourth-order valence-corrected chi connectivity index (χ4v) is 4.95. The van der Waals surface area contributed by atoms with Crippen molar-refractivity contribution in [1.82, 2.24) is 0 Å². The Labute approximate surface area is 133 Å². The lowest BCUT2D eigenvalue weighted by atomic mass is 10.1. The third kappa shape index (κ3) is 3.35. The Morgan fingerprint density at radius 2 is 1.18 bits per heavy atom. The van der Waals surface area contributed by atoms with Crippen LogP contribution < -0.4 is 10.6 Å². The van der Waals surface area contributed by atoms with E-state index in [0.717, 1.165) is 6.16 Å². The zero-order chi connectivity index (χ0) is 15.2.